The van der Waals surface area contributed by atoms with Gasteiger partial charge in [-0.05, 0) is 22.4 Å². The van der Waals surface area contributed by atoms with Crippen molar-refractivity contribution in [2.45, 2.75) is 13.3 Å². The van der Waals surface area contributed by atoms with Crippen LogP contribution >= 0.6 is 15.9 Å². The number of hydrogen-bond donors (Lipinski definition) is 0. The largest absolute Gasteiger partial charge is 0.332 e. The summed E-state index contributed by atoms with van der Waals surface area (Å²) in [6.45, 7) is 5.52. The van der Waals surface area contributed by atoms with Crippen molar-refractivity contribution >= 4 is 15.9 Å². The van der Waals surface area contributed by atoms with E-state index in [2.05, 4.69) is 32.5 Å². The van der Waals surface area contributed by atoms with Crippen molar-refractivity contribution in [2.75, 3.05) is 0 Å². The topological polar surface area (TPSA) is 54.0 Å². The Kier molecular flexibility index (Phi) is 3.81. The third-order valence-corrected chi connectivity index (χ3v) is 2.22. The van der Waals surface area contributed by atoms with Gasteiger partial charge < -0.3 is 4.57 Å². The van der Waals surface area contributed by atoms with Gasteiger partial charge in [0, 0.05) is 13.2 Å². The molecule has 0 aliphatic heterocycles. The molecule has 15 heavy (non-hydrogen) atoms. The molecule has 1 aromatic heterocycles. The molecule has 0 atom stereocenters. The van der Waals surface area contributed by atoms with Crippen LogP contribution in [-0.4, -0.2) is 9.55 Å². The summed E-state index contributed by atoms with van der Waals surface area (Å²) in [7, 11) is 1.86. The molecule has 78 valence electrons. The average Bonchev–Trinajstić information content (AvgIpc) is 2.21. The molecular weight excluding hydrogens is 256 g/mol. The van der Waals surface area contributed by atoms with Crippen molar-refractivity contribution in [1.29, 1.82) is 5.26 Å². The van der Waals surface area contributed by atoms with Crippen LogP contribution in [0.3, 0.4) is 0 Å². The van der Waals surface area contributed by atoms with E-state index in [1.165, 1.54) is 0 Å². The molecule has 0 aliphatic rings. The number of rotatable bonds is 2. The molecule has 0 bridgehead atoms. The third-order valence-electron chi connectivity index (χ3n) is 1.84. The van der Waals surface area contributed by atoms with E-state index in [1.54, 1.807) is 6.20 Å². The fraction of sp³-hybridized carbons (Fsp3) is 0.300. The molecule has 0 saturated heterocycles. The second-order valence-corrected chi connectivity index (χ2v) is 3.78. The first-order chi connectivity index (χ1) is 7.08. The molecule has 0 aromatic carbocycles. The highest BCUT2D eigenvalue weighted by atomic mass is 79.9. The average molecular weight is 267 g/mol. The second-order valence-electron chi connectivity index (χ2n) is 2.97. The highest BCUT2D eigenvalue weighted by Gasteiger charge is 2.01. The van der Waals surface area contributed by atoms with Crippen molar-refractivity contribution in [3.05, 3.63) is 34.3 Å². The van der Waals surface area contributed by atoms with Gasteiger partial charge in [-0.2, -0.15) is 5.26 Å². The van der Waals surface area contributed by atoms with Gasteiger partial charge in [0.2, 0.25) is 0 Å². The lowest BCUT2D eigenvalue weighted by Crippen LogP contribution is -2.24. The molecule has 0 aliphatic carbocycles. The van der Waals surface area contributed by atoms with Crippen molar-refractivity contribution in [3.8, 4) is 6.07 Å². The van der Waals surface area contributed by atoms with Crippen molar-refractivity contribution in [3.63, 3.8) is 0 Å². The van der Waals surface area contributed by atoms with Crippen LogP contribution in [0, 0.1) is 11.3 Å². The van der Waals surface area contributed by atoms with E-state index < -0.39 is 0 Å². The van der Waals surface area contributed by atoms with E-state index >= 15 is 0 Å². The minimum Gasteiger partial charge on any atom is -0.332 e. The van der Waals surface area contributed by atoms with E-state index in [-0.39, 0.29) is 5.70 Å². The highest BCUT2D eigenvalue weighted by Crippen LogP contribution is 2.03. The Balaban J connectivity index is 3.47. The molecule has 1 rings (SSSR count). The molecular formula is C10H11BrN4. The fourth-order valence-corrected chi connectivity index (χ4v) is 1.69. The first kappa shape index (κ1) is 11.7. The maximum Gasteiger partial charge on any atom is 0.155 e. The Bertz CT molecular complexity index is 493. The van der Waals surface area contributed by atoms with Gasteiger partial charge in [-0.3, -0.25) is 0 Å². The van der Waals surface area contributed by atoms with Gasteiger partial charge >= 0.3 is 0 Å². The molecule has 0 N–H and O–H groups in total. The first-order valence-corrected chi connectivity index (χ1v) is 5.23. The van der Waals surface area contributed by atoms with E-state index in [0.717, 1.165) is 16.7 Å². The zero-order valence-corrected chi connectivity index (χ0v) is 10.2. The summed E-state index contributed by atoms with van der Waals surface area (Å²) >= 11 is 3.31. The zero-order valence-electron chi connectivity index (χ0n) is 8.66. The van der Waals surface area contributed by atoms with Gasteiger partial charge in [-0.15, -0.1) is 0 Å². The van der Waals surface area contributed by atoms with Crippen LogP contribution in [0.2, 0.25) is 0 Å². The molecule has 5 heteroatoms. The van der Waals surface area contributed by atoms with Crippen molar-refractivity contribution in [2.24, 2.45) is 12.0 Å². The molecule has 0 amide bonds. The SMILES string of the molecule is C=C(C#N)N=c1c(CC)nc(Br)cn1C. The minimum absolute atomic E-state index is 0.185. The predicted octanol–water partition coefficient (Wildman–Crippen LogP) is 1.68. The summed E-state index contributed by atoms with van der Waals surface area (Å²) in [4.78, 5) is 8.40. The summed E-state index contributed by atoms with van der Waals surface area (Å²) in [5.41, 5.74) is 1.69. The summed E-state index contributed by atoms with van der Waals surface area (Å²) < 4.78 is 2.57. The molecule has 1 heterocycles. The van der Waals surface area contributed by atoms with Gasteiger partial charge in [0.15, 0.2) is 5.49 Å². The monoisotopic (exact) mass is 266 g/mol. The number of aromatic nitrogens is 2. The number of aryl methyl sites for hydroxylation is 2. The lowest BCUT2D eigenvalue weighted by Gasteiger charge is -2.04. The molecule has 1 aromatic rings. The Hall–Kier alpha value is -1.41. The lowest BCUT2D eigenvalue weighted by molar-refractivity contribution is 0.767. The van der Waals surface area contributed by atoms with Crippen molar-refractivity contribution < 1.29 is 0 Å². The number of hydrogen-bond acceptors (Lipinski definition) is 3. The maximum atomic E-state index is 8.62. The first-order valence-electron chi connectivity index (χ1n) is 4.44. The summed E-state index contributed by atoms with van der Waals surface area (Å²) in [6.07, 6.45) is 2.55. The standard InChI is InChI=1S/C10H11BrN4/c1-4-8-10(13-7(2)5-12)15(3)6-9(11)14-8/h6H,2,4H2,1,3H3. The minimum atomic E-state index is 0.185. The number of halogens is 1. The van der Waals surface area contributed by atoms with E-state index in [1.807, 2.05) is 24.6 Å². The van der Waals surface area contributed by atoms with E-state index in [0.29, 0.717) is 5.49 Å². The van der Waals surface area contributed by atoms with Crippen LogP contribution in [0.15, 0.2) is 28.1 Å². The van der Waals surface area contributed by atoms with Gasteiger partial charge in [0.1, 0.15) is 16.4 Å². The zero-order chi connectivity index (χ0) is 11.4. The Labute approximate surface area is 96.7 Å². The van der Waals surface area contributed by atoms with Gasteiger partial charge in [-0.25, -0.2) is 9.98 Å². The Morgan fingerprint density at radius 3 is 3.00 bits per heavy atom. The van der Waals surface area contributed by atoms with Crippen LogP contribution in [0.4, 0.5) is 0 Å². The quantitative estimate of drug-likeness (QED) is 0.765. The number of nitriles is 1. The second kappa shape index (κ2) is 4.89. The molecule has 0 radical (unpaired) electrons. The van der Waals surface area contributed by atoms with Crippen LogP contribution in [-0.2, 0) is 13.5 Å². The Morgan fingerprint density at radius 1 is 1.80 bits per heavy atom. The van der Waals surface area contributed by atoms with Gasteiger partial charge in [0.25, 0.3) is 0 Å². The highest BCUT2D eigenvalue weighted by molar-refractivity contribution is 9.10. The molecule has 0 spiro atoms. The fourth-order valence-electron chi connectivity index (χ4n) is 1.17. The molecule has 0 fully saturated rings. The molecule has 4 nitrogen and oxygen atoms in total. The number of nitrogens with zero attached hydrogens (tertiary/aromatic N) is 4. The van der Waals surface area contributed by atoms with Gasteiger partial charge in [-0.1, -0.05) is 13.5 Å². The summed E-state index contributed by atoms with van der Waals surface area (Å²) in [6, 6.07) is 1.89. The van der Waals surface area contributed by atoms with Crippen LogP contribution < -0.4 is 5.49 Å². The lowest BCUT2D eigenvalue weighted by atomic mass is 10.3. The molecule has 0 saturated carbocycles. The van der Waals surface area contributed by atoms with Gasteiger partial charge in [0.05, 0.1) is 5.69 Å². The van der Waals surface area contributed by atoms with E-state index in [4.69, 9.17) is 5.26 Å². The normalized spacial score (nSPS) is 11.2. The Morgan fingerprint density at radius 2 is 2.47 bits per heavy atom. The summed E-state index contributed by atoms with van der Waals surface area (Å²) in [5.74, 6) is 0. The van der Waals surface area contributed by atoms with Crippen LogP contribution in [0.5, 0.6) is 0 Å². The van der Waals surface area contributed by atoms with Crippen molar-refractivity contribution in [1.82, 2.24) is 9.55 Å². The van der Waals surface area contributed by atoms with E-state index in [9.17, 15) is 0 Å². The van der Waals surface area contributed by atoms with Crippen LogP contribution in [0.1, 0.15) is 12.6 Å². The summed E-state index contributed by atoms with van der Waals surface area (Å²) in [5, 5.41) is 8.62. The van der Waals surface area contributed by atoms with Crippen LogP contribution in [0.25, 0.3) is 0 Å². The third kappa shape index (κ3) is 2.77. The smallest absolute Gasteiger partial charge is 0.155 e. The number of allylic oxidation sites excluding steroid dienone is 1. The molecule has 0 unspecified atom stereocenters. The maximum absolute atomic E-state index is 8.62. The predicted molar refractivity (Wildman–Crippen MR) is 60.6 cm³/mol.